The highest BCUT2D eigenvalue weighted by Gasteiger charge is 2.50. The molecule has 10 aromatic rings. The van der Waals surface area contributed by atoms with Crippen LogP contribution in [-0.4, -0.2) is 4.57 Å². The number of hydrogen-bond donors (Lipinski definition) is 0. The Morgan fingerprint density at radius 3 is 1.46 bits per heavy atom. The molecule has 9 aromatic carbocycles. The van der Waals surface area contributed by atoms with Gasteiger partial charge in [-0.2, -0.15) is 0 Å². The molecule has 2 aliphatic rings. The van der Waals surface area contributed by atoms with Gasteiger partial charge in [-0.05, 0) is 154 Å². The van der Waals surface area contributed by atoms with Gasteiger partial charge in [0.25, 0.3) is 0 Å². The van der Waals surface area contributed by atoms with Crippen molar-refractivity contribution in [2.45, 2.75) is 38.5 Å². The van der Waals surface area contributed by atoms with Gasteiger partial charge in [0, 0.05) is 16.5 Å². The smallest absolute Gasteiger partial charge is 0.0541 e. The molecule has 1 aromatic heterocycles. The van der Waals surface area contributed by atoms with Gasteiger partial charge in [0.15, 0.2) is 0 Å². The number of allylic oxidation sites excluding steroid dienone is 4. The Kier molecular flexibility index (Phi) is 7.82. The molecule has 1 heterocycles. The highest BCUT2D eigenvalue weighted by atomic mass is 15.0. The maximum Gasteiger partial charge on any atom is 0.0541 e. The standard InChI is InChI=1S/C60H47N/c1-59(2)53-30-28-43(35-54(53)60(3,4)56-37-51-48-25-11-9-23-46(48)45-22-8-10-24-47(45)50(51)36-55(56)59)41-19-15-17-39(33-41)38-16-14-18-40(32-38)42-29-31-58-52(34-42)49-26-12-13-27-57(49)61(58)44-20-6-5-7-21-44/h5-37,53-54H,1-4H3. The van der Waals surface area contributed by atoms with Crippen molar-refractivity contribution in [2.24, 2.45) is 11.8 Å². The van der Waals surface area contributed by atoms with E-state index in [-0.39, 0.29) is 10.8 Å². The van der Waals surface area contributed by atoms with E-state index in [1.807, 2.05) is 0 Å². The molecule has 0 spiro atoms. The van der Waals surface area contributed by atoms with Gasteiger partial charge in [0.05, 0.1) is 11.0 Å². The lowest BCUT2D eigenvalue weighted by Crippen LogP contribution is -2.48. The number of aromatic nitrogens is 1. The summed E-state index contributed by atoms with van der Waals surface area (Å²) in [5.41, 5.74) is 13.9. The van der Waals surface area contributed by atoms with Crippen LogP contribution in [0.3, 0.4) is 0 Å². The van der Waals surface area contributed by atoms with Crippen molar-refractivity contribution >= 4 is 59.7 Å². The van der Waals surface area contributed by atoms with E-state index in [0.717, 1.165) is 0 Å². The lowest BCUT2D eigenvalue weighted by atomic mass is 9.51. The fourth-order valence-electron chi connectivity index (χ4n) is 11.4. The zero-order valence-electron chi connectivity index (χ0n) is 35.2. The van der Waals surface area contributed by atoms with Crippen LogP contribution in [0.1, 0.15) is 44.4 Å². The predicted octanol–water partition coefficient (Wildman–Crippen LogP) is 16.0. The maximum absolute atomic E-state index is 2.61. The SMILES string of the molecule is CC1(C)c2cc3c4ccccc4c4ccccc4c3cc2C(C)(C)C2C=C(c3cccc(-c4cccc(-c5ccc6c(c5)c5ccccc5n6-c5ccccc5)c4)c3)C=CC21. The first-order chi connectivity index (χ1) is 29.8. The second-order valence-corrected chi connectivity index (χ2v) is 18.6. The van der Waals surface area contributed by atoms with Crippen LogP contribution in [0.4, 0.5) is 0 Å². The Morgan fingerprint density at radius 2 is 0.836 bits per heavy atom. The zero-order valence-corrected chi connectivity index (χ0v) is 35.2. The fourth-order valence-corrected chi connectivity index (χ4v) is 11.4. The Hall–Kier alpha value is -6.96. The zero-order chi connectivity index (χ0) is 41.0. The molecule has 1 heteroatoms. The second kappa shape index (κ2) is 13.3. The summed E-state index contributed by atoms with van der Waals surface area (Å²) in [6.07, 6.45) is 7.55. The van der Waals surface area contributed by atoms with Crippen molar-refractivity contribution in [3.05, 3.63) is 217 Å². The van der Waals surface area contributed by atoms with E-state index in [1.54, 1.807) is 0 Å². The fraction of sp³-hybridized carbons (Fsp3) is 0.133. The Balaban J connectivity index is 0.919. The Labute approximate surface area is 357 Å². The second-order valence-electron chi connectivity index (χ2n) is 18.6. The van der Waals surface area contributed by atoms with Gasteiger partial charge in [-0.15, -0.1) is 0 Å². The first kappa shape index (κ1) is 35.9. The summed E-state index contributed by atoms with van der Waals surface area (Å²) in [4.78, 5) is 0. The van der Waals surface area contributed by atoms with Crippen molar-refractivity contribution in [1.29, 1.82) is 0 Å². The molecule has 0 N–H and O–H groups in total. The van der Waals surface area contributed by atoms with E-state index in [0.29, 0.717) is 11.8 Å². The van der Waals surface area contributed by atoms with E-state index < -0.39 is 0 Å². The first-order valence-corrected chi connectivity index (χ1v) is 21.8. The number of para-hydroxylation sites is 2. The molecule has 0 saturated heterocycles. The van der Waals surface area contributed by atoms with Crippen LogP contribution in [0.25, 0.3) is 87.6 Å². The largest absolute Gasteiger partial charge is 0.309 e. The molecule has 0 bridgehead atoms. The van der Waals surface area contributed by atoms with E-state index in [9.17, 15) is 0 Å². The van der Waals surface area contributed by atoms with Gasteiger partial charge in [0.2, 0.25) is 0 Å². The summed E-state index contributed by atoms with van der Waals surface area (Å²) in [5.74, 6) is 0.718. The third kappa shape index (κ3) is 5.39. The number of hydrogen-bond acceptors (Lipinski definition) is 0. The molecule has 0 radical (unpaired) electrons. The predicted molar refractivity (Wildman–Crippen MR) is 261 cm³/mol. The van der Waals surface area contributed by atoms with Crippen LogP contribution >= 0.6 is 0 Å². The third-order valence-corrected chi connectivity index (χ3v) is 14.6. The van der Waals surface area contributed by atoms with Gasteiger partial charge in [0.1, 0.15) is 0 Å². The van der Waals surface area contributed by atoms with E-state index >= 15 is 0 Å². The lowest BCUT2D eigenvalue weighted by Gasteiger charge is -2.53. The minimum Gasteiger partial charge on any atom is -0.309 e. The summed E-state index contributed by atoms with van der Waals surface area (Å²) in [7, 11) is 0. The minimum atomic E-state index is -0.0765. The van der Waals surface area contributed by atoms with Crippen LogP contribution < -0.4 is 0 Å². The number of fused-ring (bicyclic) bond motifs is 11. The van der Waals surface area contributed by atoms with E-state index in [1.165, 1.54) is 104 Å². The van der Waals surface area contributed by atoms with Gasteiger partial charge in [-0.3, -0.25) is 0 Å². The molecule has 61 heavy (non-hydrogen) atoms. The number of nitrogens with zero attached hydrogens (tertiary/aromatic N) is 1. The maximum atomic E-state index is 2.61. The topological polar surface area (TPSA) is 4.93 Å². The first-order valence-electron chi connectivity index (χ1n) is 21.8. The highest BCUT2D eigenvalue weighted by Crippen LogP contribution is 2.57. The van der Waals surface area contributed by atoms with Gasteiger partial charge in [-0.1, -0.05) is 173 Å². The summed E-state index contributed by atoms with van der Waals surface area (Å²) < 4.78 is 2.38. The molecule has 292 valence electrons. The minimum absolute atomic E-state index is 0.0449. The monoisotopic (exact) mass is 781 g/mol. The van der Waals surface area contributed by atoms with Crippen molar-refractivity contribution in [2.75, 3.05) is 0 Å². The van der Waals surface area contributed by atoms with Crippen LogP contribution in [0.2, 0.25) is 0 Å². The molecular formula is C60H47N. The molecule has 1 nitrogen and oxygen atoms in total. The molecule has 0 fully saturated rings. The van der Waals surface area contributed by atoms with Gasteiger partial charge in [-0.25, -0.2) is 0 Å². The molecule has 0 aliphatic heterocycles. The number of rotatable bonds is 4. The average molecular weight is 782 g/mol. The quantitative estimate of drug-likeness (QED) is 0.157. The molecule has 2 unspecified atom stereocenters. The van der Waals surface area contributed by atoms with Crippen LogP contribution in [0, 0.1) is 11.8 Å². The average Bonchev–Trinajstić information content (AvgIpc) is 3.65. The van der Waals surface area contributed by atoms with Crippen molar-refractivity contribution < 1.29 is 0 Å². The van der Waals surface area contributed by atoms with E-state index in [4.69, 9.17) is 0 Å². The van der Waals surface area contributed by atoms with Gasteiger partial charge >= 0.3 is 0 Å². The van der Waals surface area contributed by atoms with Crippen LogP contribution in [0.15, 0.2) is 200 Å². The lowest BCUT2D eigenvalue weighted by molar-refractivity contribution is 0.191. The molecule has 0 saturated carbocycles. The number of benzene rings is 9. The molecule has 2 atom stereocenters. The third-order valence-electron chi connectivity index (χ3n) is 14.6. The Morgan fingerprint density at radius 1 is 0.361 bits per heavy atom. The molecule has 0 amide bonds. The van der Waals surface area contributed by atoms with Crippen LogP contribution in [-0.2, 0) is 10.8 Å². The summed E-state index contributed by atoms with van der Waals surface area (Å²) in [6, 6.07) is 67.7. The molecule has 2 aliphatic carbocycles. The highest BCUT2D eigenvalue weighted by molar-refractivity contribution is 6.25. The summed E-state index contributed by atoms with van der Waals surface area (Å²) in [5, 5.41) is 10.6. The van der Waals surface area contributed by atoms with E-state index in [2.05, 4.69) is 232 Å². The summed E-state index contributed by atoms with van der Waals surface area (Å²) >= 11 is 0. The molecular weight excluding hydrogens is 735 g/mol. The Bertz CT molecular complexity index is 3480. The normalized spacial score (nSPS) is 17.8. The van der Waals surface area contributed by atoms with Crippen molar-refractivity contribution in [3.63, 3.8) is 0 Å². The summed E-state index contributed by atoms with van der Waals surface area (Å²) in [6.45, 7) is 9.92. The van der Waals surface area contributed by atoms with Crippen molar-refractivity contribution in [3.8, 4) is 27.9 Å². The molecule has 12 rings (SSSR count). The van der Waals surface area contributed by atoms with Gasteiger partial charge < -0.3 is 4.57 Å². The van der Waals surface area contributed by atoms with Crippen molar-refractivity contribution in [1.82, 2.24) is 4.57 Å². The van der Waals surface area contributed by atoms with Crippen LogP contribution in [0.5, 0.6) is 0 Å².